The molecule has 1 aromatic carbocycles. The van der Waals surface area contributed by atoms with E-state index in [0.29, 0.717) is 22.8 Å². The molecule has 7 heteroatoms. The third-order valence-electron chi connectivity index (χ3n) is 2.73. The lowest BCUT2D eigenvalue weighted by atomic mass is 10.2. The van der Waals surface area contributed by atoms with Gasteiger partial charge in [0.25, 0.3) is 5.22 Å². The van der Waals surface area contributed by atoms with Gasteiger partial charge in [-0.2, -0.15) is 4.98 Å². The lowest BCUT2D eigenvalue weighted by Gasteiger charge is -1.92. The summed E-state index contributed by atoms with van der Waals surface area (Å²) in [5.41, 5.74) is 0.903. The molecule has 2 heterocycles. The summed E-state index contributed by atoms with van der Waals surface area (Å²) in [5.74, 6) is 2.34. The molecule has 0 aliphatic heterocycles. The molecule has 0 unspecified atom stereocenters. The highest BCUT2D eigenvalue weighted by Gasteiger charge is 2.11. The molecule has 0 radical (unpaired) electrons. The maximum absolute atomic E-state index is 5.60. The molecule has 0 amide bonds. The standard InChI is InChI=1S/C14H14N4O2S/c1-2-6-11-15-12(20-18-11)9-21-14-17-16-13(19-14)10-7-4-3-5-8-10/h3-5,7-8H,2,6,9H2,1H3. The fourth-order valence-corrected chi connectivity index (χ4v) is 2.36. The summed E-state index contributed by atoms with van der Waals surface area (Å²) in [6.07, 6.45) is 1.82. The van der Waals surface area contributed by atoms with Crippen molar-refractivity contribution in [3.63, 3.8) is 0 Å². The zero-order valence-corrected chi connectivity index (χ0v) is 12.3. The molecule has 0 aliphatic carbocycles. The highest BCUT2D eigenvalue weighted by atomic mass is 32.2. The molecule has 3 rings (SSSR count). The van der Waals surface area contributed by atoms with Crippen molar-refractivity contribution in [2.24, 2.45) is 0 Å². The van der Waals surface area contributed by atoms with Crippen molar-refractivity contribution in [2.75, 3.05) is 0 Å². The zero-order valence-electron chi connectivity index (χ0n) is 11.5. The van der Waals surface area contributed by atoms with Crippen molar-refractivity contribution in [3.05, 3.63) is 42.0 Å². The van der Waals surface area contributed by atoms with E-state index in [1.54, 1.807) is 0 Å². The van der Waals surface area contributed by atoms with Crippen LogP contribution in [0.4, 0.5) is 0 Å². The molecule has 0 aliphatic rings. The van der Waals surface area contributed by atoms with Crippen molar-refractivity contribution >= 4 is 11.8 Å². The predicted octanol–water partition coefficient (Wildman–Crippen LogP) is 3.36. The van der Waals surface area contributed by atoms with Gasteiger partial charge in [-0.15, -0.1) is 10.2 Å². The molecule has 6 nitrogen and oxygen atoms in total. The molecule has 2 aromatic heterocycles. The quantitative estimate of drug-likeness (QED) is 0.646. The number of rotatable bonds is 6. The predicted molar refractivity (Wildman–Crippen MR) is 77.6 cm³/mol. The summed E-state index contributed by atoms with van der Waals surface area (Å²) in [7, 11) is 0. The highest BCUT2D eigenvalue weighted by molar-refractivity contribution is 7.98. The van der Waals surface area contributed by atoms with Crippen molar-refractivity contribution in [2.45, 2.75) is 30.7 Å². The highest BCUT2D eigenvalue weighted by Crippen LogP contribution is 2.25. The Morgan fingerprint density at radius 3 is 2.81 bits per heavy atom. The monoisotopic (exact) mass is 302 g/mol. The Balaban J connectivity index is 1.62. The second kappa shape index (κ2) is 6.53. The molecule has 21 heavy (non-hydrogen) atoms. The Bertz CT molecular complexity index is 696. The van der Waals surface area contributed by atoms with E-state index in [-0.39, 0.29) is 0 Å². The minimum Gasteiger partial charge on any atom is -0.411 e. The van der Waals surface area contributed by atoms with E-state index in [0.717, 1.165) is 24.2 Å². The van der Waals surface area contributed by atoms with Crippen LogP contribution in [-0.4, -0.2) is 20.3 Å². The third-order valence-corrected chi connectivity index (χ3v) is 3.53. The van der Waals surface area contributed by atoms with Crippen LogP contribution < -0.4 is 0 Å². The molecule has 0 N–H and O–H groups in total. The van der Waals surface area contributed by atoms with Gasteiger partial charge in [0.15, 0.2) is 5.82 Å². The molecule has 0 atom stereocenters. The summed E-state index contributed by atoms with van der Waals surface area (Å²) >= 11 is 1.38. The van der Waals surface area contributed by atoms with Gasteiger partial charge in [-0.05, 0) is 18.6 Å². The lowest BCUT2D eigenvalue weighted by Crippen LogP contribution is -1.86. The minimum atomic E-state index is 0.490. The number of nitrogens with zero attached hydrogens (tertiary/aromatic N) is 4. The number of thioether (sulfide) groups is 1. The SMILES string of the molecule is CCCc1noc(CSc2nnc(-c3ccccc3)o2)n1. The van der Waals surface area contributed by atoms with E-state index in [2.05, 4.69) is 27.3 Å². The van der Waals surface area contributed by atoms with Crippen LogP contribution in [0.1, 0.15) is 25.1 Å². The summed E-state index contributed by atoms with van der Waals surface area (Å²) in [4.78, 5) is 4.29. The first-order valence-corrected chi connectivity index (χ1v) is 7.67. The second-order valence-corrected chi connectivity index (χ2v) is 5.31. The van der Waals surface area contributed by atoms with E-state index in [1.807, 2.05) is 30.3 Å². The molecule has 0 fully saturated rings. The average Bonchev–Trinajstić information content (AvgIpc) is 3.16. The van der Waals surface area contributed by atoms with Gasteiger partial charge in [0.2, 0.25) is 11.8 Å². The molecule has 0 bridgehead atoms. The Morgan fingerprint density at radius 2 is 2.00 bits per heavy atom. The lowest BCUT2D eigenvalue weighted by molar-refractivity contribution is 0.384. The average molecular weight is 302 g/mol. The van der Waals surface area contributed by atoms with Crippen LogP contribution in [0.15, 0.2) is 44.5 Å². The van der Waals surface area contributed by atoms with Gasteiger partial charge in [-0.25, -0.2) is 0 Å². The van der Waals surface area contributed by atoms with Gasteiger partial charge in [0, 0.05) is 12.0 Å². The number of aryl methyl sites for hydroxylation is 1. The first kappa shape index (κ1) is 13.8. The van der Waals surface area contributed by atoms with Crippen LogP contribution in [0.25, 0.3) is 11.5 Å². The van der Waals surface area contributed by atoms with Gasteiger partial charge in [-0.3, -0.25) is 0 Å². The van der Waals surface area contributed by atoms with Crippen molar-refractivity contribution in [1.29, 1.82) is 0 Å². The van der Waals surface area contributed by atoms with Gasteiger partial charge in [-0.1, -0.05) is 42.0 Å². The third kappa shape index (κ3) is 3.49. The van der Waals surface area contributed by atoms with E-state index in [9.17, 15) is 0 Å². The molecular formula is C14H14N4O2S. The molecule has 0 saturated heterocycles. The van der Waals surface area contributed by atoms with Gasteiger partial charge < -0.3 is 8.94 Å². The van der Waals surface area contributed by atoms with Crippen LogP contribution in [-0.2, 0) is 12.2 Å². The first-order valence-electron chi connectivity index (χ1n) is 6.68. The van der Waals surface area contributed by atoms with Crippen LogP contribution in [0.5, 0.6) is 0 Å². The summed E-state index contributed by atoms with van der Waals surface area (Å²) in [6.45, 7) is 2.08. The number of hydrogen-bond donors (Lipinski definition) is 0. The normalized spacial score (nSPS) is 10.9. The maximum atomic E-state index is 5.60. The van der Waals surface area contributed by atoms with Crippen molar-refractivity contribution in [3.8, 4) is 11.5 Å². The Kier molecular flexibility index (Phi) is 4.30. The molecular weight excluding hydrogens is 288 g/mol. The topological polar surface area (TPSA) is 77.8 Å². The fraction of sp³-hybridized carbons (Fsp3) is 0.286. The Labute approximate surface area is 126 Å². The van der Waals surface area contributed by atoms with E-state index in [4.69, 9.17) is 8.94 Å². The molecule has 0 spiro atoms. The van der Waals surface area contributed by atoms with Gasteiger partial charge in [0.05, 0.1) is 5.75 Å². The molecule has 3 aromatic rings. The minimum absolute atomic E-state index is 0.490. The van der Waals surface area contributed by atoms with Gasteiger partial charge in [0.1, 0.15) is 0 Å². The largest absolute Gasteiger partial charge is 0.411 e. The number of aromatic nitrogens is 4. The van der Waals surface area contributed by atoms with Crippen LogP contribution in [0.2, 0.25) is 0 Å². The van der Waals surface area contributed by atoms with E-state index >= 15 is 0 Å². The Morgan fingerprint density at radius 1 is 1.14 bits per heavy atom. The second-order valence-electron chi connectivity index (χ2n) is 4.38. The zero-order chi connectivity index (χ0) is 14.5. The summed E-state index contributed by atoms with van der Waals surface area (Å²) in [5, 5.41) is 12.4. The summed E-state index contributed by atoms with van der Waals surface area (Å²) in [6, 6.07) is 9.66. The first-order chi connectivity index (χ1) is 10.3. The molecule has 108 valence electrons. The van der Waals surface area contributed by atoms with E-state index in [1.165, 1.54) is 11.8 Å². The number of hydrogen-bond acceptors (Lipinski definition) is 7. The van der Waals surface area contributed by atoms with Crippen molar-refractivity contribution < 1.29 is 8.94 Å². The Hall–Kier alpha value is -2.15. The van der Waals surface area contributed by atoms with Gasteiger partial charge >= 0.3 is 0 Å². The maximum Gasteiger partial charge on any atom is 0.277 e. The van der Waals surface area contributed by atoms with Crippen LogP contribution >= 0.6 is 11.8 Å². The smallest absolute Gasteiger partial charge is 0.277 e. The van der Waals surface area contributed by atoms with Crippen LogP contribution in [0, 0.1) is 0 Å². The number of benzene rings is 1. The molecule has 0 saturated carbocycles. The summed E-state index contributed by atoms with van der Waals surface area (Å²) < 4.78 is 10.8. The van der Waals surface area contributed by atoms with Crippen molar-refractivity contribution in [1.82, 2.24) is 20.3 Å². The fourth-order valence-electron chi connectivity index (χ4n) is 1.76. The van der Waals surface area contributed by atoms with E-state index < -0.39 is 0 Å². The van der Waals surface area contributed by atoms with Crippen LogP contribution in [0.3, 0.4) is 0 Å².